The number of hydrogen-bond acceptors (Lipinski definition) is 3. The maximum atomic E-state index is 13.2. The van der Waals surface area contributed by atoms with E-state index < -0.39 is 0 Å². The predicted octanol–water partition coefficient (Wildman–Crippen LogP) is 2.73. The van der Waals surface area contributed by atoms with Gasteiger partial charge in [0.15, 0.2) is 5.82 Å². The number of aromatic nitrogens is 2. The van der Waals surface area contributed by atoms with Gasteiger partial charge in [0, 0.05) is 5.33 Å². The molecule has 1 aromatic heterocycles. The Morgan fingerprint density at radius 1 is 1.42 bits per heavy atom. The van der Waals surface area contributed by atoms with Crippen LogP contribution in [-0.4, -0.2) is 8.75 Å². The molecule has 0 N–H and O–H groups in total. The smallest absolute Gasteiger partial charge is 0.152 e. The molecule has 0 amide bonds. The zero-order valence-electron chi connectivity index (χ0n) is 5.92. The summed E-state index contributed by atoms with van der Waals surface area (Å²) < 4.78 is 20.9. The average molecular weight is 247 g/mol. The van der Waals surface area contributed by atoms with Crippen molar-refractivity contribution in [2.24, 2.45) is 0 Å². The van der Waals surface area contributed by atoms with E-state index in [2.05, 4.69) is 24.7 Å². The summed E-state index contributed by atoms with van der Waals surface area (Å²) in [4.78, 5) is 0. The third kappa shape index (κ3) is 1.23. The highest BCUT2D eigenvalue weighted by Crippen LogP contribution is 2.19. The van der Waals surface area contributed by atoms with Crippen molar-refractivity contribution >= 4 is 38.7 Å². The van der Waals surface area contributed by atoms with Gasteiger partial charge in [-0.25, -0.2) is 4.39 Å². The zero-order valence-corrected chi connectivity index (χ0v) is 8.32. The lowest BCUT2D eigenvalue weighted by molar-refractivity contribution is 0.636. The van der Waals surface area contributed by atoms with Crippen molar-refractivity contribution in [3.63, 3.8) is 0 Å². The van der Waals surface area contributed by atoms with Gasteiger partial charge >= 0.3 is 0 Å². The minimum absolute atomic E-state index is 0.296. The molecule has 0 bridgehead atoms. The molecule has 2 aromatic rings. The maximum absolute atomic E-state index is 13.2. The fourth-order valence-corrected chi connectivity index (χ4v) is 1.84. The quantitative estimate of drug-likeness (QED) is 0.724. The number of alkyl halides is 1. The van der Waals surface area contributed by atoms with Gasteiger partial charge in [0.05, 0.1) is 11.7 Å². The van der Waals surface area contributed by atoms with Crippen molar-refractivity contribution in [2.45, 2.75) is 5.33 Å². The lowest BCUT2D eigenvalue weighted by Gasteiger charge is -1.94. The summed E-state index contributed by atoms with van der Waals surface area (Å²) in [5.41, 5.74) is 1.88. The molecular weight excluding hydrogens is 243 g/mol. The number of nitrogens with zero attached hydrogens (tertiary/aromatic N) is 2. The van der Waals surface area contributed by atoms with E-state index in [9.17, 15) is 4.39 Å². The zero-order chi connectivity index (χ0) is 8.55. The monoisotopic (exact) mass is 246 g/mol. The van der Waals surface area contributed by atoms with Gasteiger partial charge in [0.2, 0.25) is 0 Å². The Morgan fingerprint density at radius 2 is 2.25 bits per heavy atom. The fourth-order valence-electron chi connectivity index (χ4n) is 0.981. The summed E-state index contributed by atoms with van der Waals surface area (Å²) in [6.07, 6.45) is 0. The van der Waals surface area contributed by atoms with Crippen LogP contribution in [0.25, 0.3) is 11.0 Å². The van der Waals surface area contributed by atoms with E-state index in [1.807, 2.05) is 6.07 Å². The summed E-state index contributed by atoms with van der Waals surface area (Å²) in [6.45, 7) is 0. The van der Waals surface area contributed by atoms with Gasteiger partial charge in [0.1, 0.15) is 11.0 Å². The third-order valence-corrected chi connectivity index (χ3v) is 2.72. The van der Waals surface area contributed by atoms with Crippen LogP contribution in [0.3, 0.4) is 0 Å². The van der Waals surface area contributed by atoms with Gasteiger partial charge in [-0.2, -0.15) is 8.75 Å². The third-order valence-electron chi connectivity index (χ3n) is 1.53. The van der Waals surface area contributed by atoms with E-state index >= 15 is 0 Å². The SMILES string of the molecule is Fc1cc(CBr)cc2nsnc12. The van der Waals surface area contributed by atoms with E-state index in [0.717, 1.165) is 17.3 Å². The van der Waals surface area contributed by atoms with Crippen LogP contribution in [0.2, 0.25) is 0 Å². The van der Waals surface area contributed by atoms with Crippen molar-refractivity contribution in [3.05, 3.63) is 23.5 Å². The minimum atomic E-state index is -0.296. The molecule has 0 aliphatic rings. The average Bonchev–Trinajstić information content (AvgIpc) is 2.52. The highest BCUT2D eigenvalue weighted by molar-refractivity contribution is 9.08. The minimum Gasteiger partial charge on any atom is -0.204 e. The molecule has 0 radical (unpaired) electrons. The standard InChI is InChI=1S/C7H4BrFN2S/c8-3-4-1-5(9)7-6(2-4)10-12-11-7/h1-2H,3H2. The molecule has 0 aliphatic heterocycles. The Labute approximate surface area is 80.9 Å². The lowest BCUT2D eigenvalue weighted by atomic mass is 10.2. The Kier molecular flexibility index (Phi) is 2.06. The Balaban J connectivity index is 2.75. The van der Waals surface area contributed by atoms with Crippen LogP contribution < -0.4 is 0 Å². The van der Waals surface area contributed by atoms with Crippen molar-refractivity contribution < 1.29 is 4.39 Å². The molecule has 0 aliphatic carbocycles. The summed E-state index contributed by atoms with van der Waals surface area (Å²) in [7, 11) is 0. The van der Waals surface area contributed by atoms with Gasteiger partial charge in [-0.15, -0.1) is 0 Å². The first-order chi connectivity index (χ1) is 5.81. The number of halogens is 2. The number of fused-ring (bicyclic) bond motifs is 1. The van der Waals surface area contributed by atoms with Crippen LogP contribution in [0.5, 0.6) is 0 Å². The molecule has 0 fully saturated rings. The first-order valence-electron chi connectivity index (χ1n) is 3.28. The predicted molar refractivity (Wildman–Crippen MR) is 50.0 cm³/mol. The fraction of sp³-hybridized carbons (Fsp3) is 0.143. The highest BCUT2D eigenvalue weighted by atomic mass is 79.9. The highest BCUT2D eigenvalue weighted by Gasteiger charge is 2.06. The molecule has 2 nitrogen and oxygen atoms in total. The van der Waals surface area contributed by atoms with Gasteiger partial charge in [0.25, 0.3) is 0 Å². The second-order valence-corrected chi connectivity index (χ2v) is 3.43. The molecule has 0 unspecified atom stereocenters. The van der Waals surface area contributed by atoms with E-state index in [-0.39, 0.29) is 5.82 Å². The van der Waals surface area contributed by atoms with E-state index in [0.29, 0.717) is 16.4 Å². The number of hydrogen-bond donors (Lipinski definition) is 0. The lowest BCUT2D eigenvalue weighted by Crippen LogP contribution is -1.83. The van der Waals surface area contributed by atoms with Crippen LogP contribution in [-0.2, 0) is 5.33 Å². The van der Waals surface area contributed by atoms with E-state index in [4.69, 9.17) is 0 Å². The summed E-state index contributed by atoms with van der Waals surface area (Å²) in [6, 6.07) is 3.30. The van der Waals surface area contributed by atoms with Crippen LogP contribution in [0.4, 0.5) is 4.39 Å². The molecule has 0 spiro atoms. The summed E-state index contributed by atoms with van der Waals surface area (Å²) in [5.74, 6) is -0.296. The Morgan fingerprint density at radius 3 is 3.00 bits per heavy atom. The first kappa shape index (κ1) is 8.07. The maximum Gasteiger partial charge on any atom is 0.152 e. The Hall–Kier alpha value is -0.550. The molecule has 0 atom stereocenters. The molecule has 1 heterocycles. The molecule has 2 rings (SSSR count). The Bertz CT molecular complexity index is 415. The van der Waals surface area contributed by atoms with E-state index in [1.165, 1.54) is 6.07 Å². The number of benzene rings is 1. The first-order valence-corrected chi connectivity index (χ1v) is 5.13. The van der Waals surface area contributed by atoms with Crippen LogP contribution in [0, 0.1) is 5.82 Å². The summed E-state index contributed by atoms with van der Waals surface area (Å²) in [5, 5.41) is 0.636. The molecular formula is C7H4BrFN2S. The molecule has 12 heavy (non-hydrogen) atoms. The van der Waals surface area contributed by atoms with Crippen LogP contribution in [0.15, 0.2) is 12.1 Å². The molecule has 0 saturated heterocycles. The number of rotatable bonds is 1. The summed E-state index contributed by atoms with van der Waals surface area (Å²) >= 11 is 4.29. The molecule has 0 saturated carbocycles. The van der Waals surface area contributed by atoms with Crippen LogP contribution >= 0.6 is 27.7 Å². The van der Waals surface area contributed by atoms with Gasteiger partial charge in [-0.05, 0) is 17.7 Å². The molecule has 62 valence electrons. The largest absolute Gasteiger partial charge is 0.204 e. The van der Waals surface area contributed by atoms with Crippen molar-refractivity contribution in [1.29, 1.82) is 0 Å². The normalized spacial score (nSPS) is 10.8. The topological polar surface area (TPSA) is 25.8 Å². The van der Waals surface area contributed by atoms with Gasteiger partial charge < -0.3 is 0 Å². The molecule has 1 aromatic carbocycles. The van der Waals surface area contributed by atoms with Crippen molar-refractivity contribution in [2.75, 3.05) is 0 Å². The van der Waals surface area contributed by atoms with Crippen molar-refractivity contribution in [1.82, 2.24) is 8.75 Å². The van der Waals surface area contributed by atoms with Gasteiger partial charge in [-0.3, -0.25) is 0 Å². The van der Waals surface area contributed by atoms with Crippen LogP contribution in [0.1, 0.15) is 5.56 Å². The van der Waals surface area contributed by atoms with Gasteiger partial charge in [-0.1, -0.05) is 15.9 Å². The van der Waals surface area contributed by atoms with E-state index in [1.54, 1.807) is 0 Å². The molecule has 5 heteroatoms. The second kappa shape index (κ2) is 3.06. The second-order valence-electron chi connectivity index (χ2n) is 2.34. The van der Waals surface area contributed by atoms with Crippen molar-refractivity contribution in [3.8, 4) is 0 Å².